The van der Waals surface area contributed by atoms with Gasteiger partial charge >= 0.3 is 0 Å². The van der Waals surface area contributed by atoms with Crippen LogP contribution < -0.4 is 10.6 Å². The molecular formula is C20H26N2O2. The molecule has 0 radical (unpaired) electrons. The number of anilines is 1. The van der Waals surface area contributed by atoms with Crippen LogP contribution in [0.1, 0.15) is 51.0 Å². The third-order valence-corrected chi connectivity index (χ3v) is 5.27. The molecule has 1 aromatic carbocycles. The average molecular weight is 326 g/mol. The van der Waals surface area contributed by atoms with Crippen molar-refractivity contribution in [3.05, 3.63) is 41.1 Å². The number of allylic oxidation sites excluding steroid dienone is 2. The standard InChI is InChI=1S/C20H26N2O2/c1-13-3-7-17(8-4-13)22-20(24)15-5-9-16(10-6-15)21-18-11-12-19(23)14(18)2/h3-4,7-8,15-16,21H,5-6,9-12H2,1-2H3,(H,22,24). The van der Waals surface area contributed by atoms with Gasteiger partial charge in [-0.25, -0.2) is 0 Å². The Morgan fingerprint density at radius 3 is 2.25 bits per heavy atom. The van der Waals surface area contributed by atoms with E-state index in [1.54, 1.807) is 0 Å². The molecule has 4 heteroatoms. The number of nitrogens with one attached hydrogen (secondary N) is 2. The van der Waals surface area contributed by atoms with Crippen LogP contribution in [0.25, 0.3) is 0 Å². The van der Waals surface area contributed by atoms with E-state index in [1.165, 1.54) is 5.56 Å². The molecule has 0 heterocycles. The quantitative estimate of drug-likeness (QED) is 0.886. The van der Waals surface area contributed by atoms with Crippen molar-refractivity contribution < 1.29 is 9.59 Å². The molecule has 0 unspecified atom stereocenters. The van der Waals surface area contributed by atoms with Gasteiger partial charge in [-0.3, -0.25) is 9.59 Å². The van der Waals surface area contributed by atoms with Crippen molar-refractivity contribution in [1.82, 2.24) is 5.32 Å². The highest BCUT2D eigenvalue weighted by Gasteiger charge is 2.28. The number of carbonyl (C=O) groups excluding carboxylic acids is 2. The normalized spacial score (nSPS) is 24.2. The first-order chi connectivity index (χ1) is 11.5. The topological polar surface area (TPSA) is 58.2 Å². The van der Waals surface area contributed by atoms with Crippen LogP contribution in [0.3, 0.4) is 0 Å². The van der Waals surface area contributed by atoms with Crippen molar-refractivity contribution in [3.8, 4) is 0 Å². The summed E-state index contributed by atoms with van der Waals surface area (Å²) >= 11 is 0. The van der Waals surface area contributed by atoms with E-state index < -0.39 is 0 Å². The number of hydrogen-bond donors (Lipinski definition) is 2. The monoisotopic (exact) mass is 326 g/mol. The van der Waals surface area contributed by atoms with Crippen LogP contribution in [0.15, 0.2) is 35.5 Å². The Bertz CT molecular complexity index is 653. The molecule has 0 saturated heterocycles. The van der Waals surface area contributed by atoms with Gasteiger partial charge in [0.25, 0.3) is 0 Å². The summed E-state index contributed by atoms with van der Waals surface area (Å²) in [5.41, 5.74) is 4.08. The Labute approximate surface area is 143 Å². The first kappa shape index (κ1) is 16.7. The summed E-state index contributed by atoms with van der Waals surface area (Å²) in [4.78, 5) is 24.0. The zero-order chi connectivity index (χ0) is 17.1. The van der Waals surface area contributed by atoms with Crippen molar-refractivity contribution in [2.75, 3.05) is 5.32 Å². The fraction of sp³-hybridized carbons (Fsp3) is 0.500. The summed E-state index contributed by atoms with van der Waals surface area (Å²) in [6.45, 7) is 3.95. The third-order valence-electron chi connectivity index (χ3n) is 5.27. The molecule has 24 heavy (non-hydrogen) atoms. The minimum absolute atomic E-state index is 0.0876. The fourth-order valence-electron chi connectivity index (χ4n) is 3.59. The first-order valence-corrected chi connectivity index (χ1v) is 8.90. The second-order valence-corrected chi connectivity index (χ2v) is 7.07. The van der Waals surface area contributed by atoms with Crippen molar-refractivity contribution in [3.63, 3.8) is 0 Å². The number of aryl methyl sites for hydroxylation is 1. The number of ketones is 1. The number of amides is 1. The van der Waals surface area contributed by atoms with Gasteiger partial charge in [-0.05, 0) is 58.1 Å². The van der Waals surface area contributed by atoms with Crippen LogP contribution in [0.4, 0.5) is 5.69 Å². The van der Waals surface area contributed by atoms with Gasteiger partial charge in [0, 0.05) is 35.3 Å². The number of benzene rings is 1. The maximum Gasteiger partial charge on any atom is 0.227 e. The van der Waals surface area contributed by atoms with E-state index in [-0.39, 0.29) is 17.6 Å². The SMILES string of the molecule is CC1=C(NC2CCC(C(=O)Nc3ccc(C)cc3)CC2)CCC1=O. The number of rotatable bonds is 4. The summed E-state index contributed by atoms with van der Waals surface area (Å²) in [5.74, 6) is 0.483. The van der Waals surface area contributed by atoms with Crippen LogP contribution in [-0.2, 0) is 9.59 Å². The highest BCUT2D eigenvalue weighted by Crippen LogP contribution is 2.28. The molecule has 1 saturated carbocycles. The third kappa shape index (κ3) is 3.86. The molecule has 1 aromatic rings. The molecule has 2 aliphatic rings. The Kier molecular flexibility index (Phi) is 5.03. The lowest BCUT2D eigenvalue weighted by atomic mass is 9.85. The van der Waals surface area contributed by atoms with E-state index in [1.807, 2.05) is 38.1 Å². The van der Waals surface area contributed by atoms with Gasteiger partial charge in [-0.2, -0.15) is 0 Å². The maximum atomic E-state index is 12.4. The molecule has 128 valence electrons. The van der Waals surface area contributed by atoms with Crippen LogP contribution in [0.2, 0.25) is 0 Å². The van der Waals surface area contributed by atoms with Crippen LogP contribution in [0.5, 0.6) is 0 Å². The Morgan fingerprint density at radius 1 is 1.00 bits per heavy atom. The molecule has 4 nitrogen and oxygen atoms in total. The Balaban J connectivity index is 1.49. The smallest absolute Gasteiger partial charge is 0.227 e. The molecule has 0 spiro atoms. The zero-order valence-corrected chi connectivity index (χ0v) is 14.5. The van der Waals surface area contributed by atoms with Gasteiger partial charge in [0.1, 0.15) is 0 Å². The van der Waals surface area contributed by atoms with Gasteiger partial charge in [-0.1, -0.05) is 17.7 Å². The number of carbonyl (C=O) groups is 2. The maximum absolute atomic E-state index is 12.4. The molecule has 0 atom stereocenters. The predicted octanol–water partition coefficient (Wildman–Crippen LogP) is 3.72. The highest BCUT2D eigenvalue weighted by atomic mass is 16.2. The minimum atomic E-state index is 0.0876. The predicted molar refractivity (Wildman–Crippen MR) is 95.6 cm³/mol. The number of hydrogen-bond acceptors (Lipinski definition) is 3. The lowest BCUT2D eigenvalue weighted by Gasteiger charge is -2.29. The van der Waals surface area contributed by atoms with Gasteiger partial charge in [0.05, 0.1) is 0 Å². The van der Waals surface area contributed by atoms with Crippen LogP contribution >= 0.6 is 0 Å². The van der Waals surface area contributed by atoms with Crippen molar-refractivity contribution in [2.24, 2.45) is 5.92 Å². The van der Waals surface area contributed by atoms with E-state index in [0.29, 0.717) is 12.5 Å². The second-order valence-electron chi connectivity index (χ2n) is 7.07. The van der Waals surface area contributed by atoms with E-state index in [0.717, 1.165) is 49.1 Å². The van der Waals surface area contributed by atoms with Crippen molar-refractivity contribution in [2.45, 2.75) is 58.4 Å². The van der Waals surface area contributed by atoms with Gasteiger partial charge in [0.2, 0.25) is 5.91 Å². The lowest BCUT2D eigenvalue weighted by Crippen LogP contribution is -2.36. The molecule has 1 amide bonds. The van der Waals surface area contributed by atoms with Crippen molar-refractivity contribution in [1.29, 1.82) is 0 Å². The van der Waals surface area contributed by atoms with E-state index in [2.05, 4.69) is 10.6 Å². The molecule has 0 aliphatic heterocycles. The summed E-state index contributed by atoms with van der Waals surface area (Å²) in [5, 5.41) is 6.57. The van der Waals surface area contributed by atoms with Crippen molar-refractivity contribution >= 4 is 17.4 Å². The molecule has 3 rings (SSSR count). The first-order valence-electron chi connectivity index (χ1n) is 8.90. The van der Waals surface area contributed by atoms with Gasteiger partial charge in [-0.15, -0.1) is 0 Å². The van der Waals surface area contributed by atoms with Gasteiger partial charge in [0.15, 0.2) is 5.78 Å². The summed E-state index contributed by atoms with van der Waals surface area (Å²) < 4.78 is 0. The summed E-state index contributed by atoms with van der Waals surface area (Å²) in [6, 6.07) is 8.31. The van der Waals surface area contributed by atoms with E-state index >= 15 is 0 Å². The molecular weight excluding hydrogens is 300 g/mol. The summed E-state index contributed by atoms with van der Waals surface area (Å²) in [7, 11) is 0. The largest absolute Gasteiger partial charge is 0.385 e. The van der Waals surface area contributed by atoms with Crippen LogP contribution in [-0.4, -0.2) is 17.7 Å². The lowest BCUT2D eigenvalue weighted by molar-refractivity contribution is -0.120. The van der Waals surface area contributed by atoms with Gasteiger partial charge < -0.3 is 10.6 Å². The molecule has 2 aliphatic carbocycles. The Hall–Kier alpha value is -2.10. The zero-order valence-electron chi connectivity index (χ0n) is 14.5. The molecule has 2 N–H and O–H groups in total. The average Bonchev–Trinajstić information content (AvgIpc) is 2.90. The van der Waals surface area contributed by atoms with E-state index in [4.69, 9.17) is 0 Å². The summed E-state index contributed by atoms with van der Waals surface area (Å²) in [6.07, 6.45) is 5.25. The minimum Gasteiger partial charge on any atom is -0.385 e. The van der Waals surface area contributed by atoms with Crippen LogP contribution in [0, 0.1) is 12.8 Å². The highest BCUT2D eigenvalue weighted by molar-refractivity contribution is 5.98. The Morgan fingerprint density at radius 2 is 1.67 bits per heavy atom. The molecule has 1 fully saturated rings. The van der Waals surface area contributed by atoms with E-state index in [9.17, 15) is 9.59 Å². The molecule has 0 bridgehead atoms. The molecule has 0 aromatic heterocycles. The fourth-order valence-corrected chi connectivity index (χ4v) is 3.59. The second kappa shape index (κ2) is 7.20. The number of Topliss-reactive ketones (excluding diaryl/α,β-unsaturated/α-hetero) is 1.